The molecule has 4 rings (SSSR count). The molecule has 0 bridgehead atoms. The number of benzene rings is 2. The maximum absolute atomic E-state index is 13.6. The SMILES string of the molecule is CC(C)C(=O)CCCCC(=O)N1Cc2ccccc2-c2nnn(CCCCC(=O)O)c2-c2ccccc21. The molecule has 1 aromatic heterocycles. The number of hydrogen-bond acceptors (Lipinski definition) is 5. The topological polar surface area (TPSA) is 105 Å². The number of carboxylic acids is 1. The lowest BCUT2D eigenvalue weighted by Gasteiger charge is -2.29. The quantitative estimate of drug-likeness (QED) is 0.347. The molecule has 1 aliphatic rings. The predicted octanol–water partition coefficient (Wildman–Crippen LogP) is 5.50. The Morgan fingerprint density at radius 3 is 2.32 bits per heavy atom. The summed E-state index contributed by atoms with van der Waals surface area (Å²) in [5.74, 6) is -0.543. The van der Waals surface area contributed by atoms with E-state index in [0.717, 1.165) is 33.8 Å². The Kier molecular flexibility index (Phi) is 8.48. The van der Waals surface area contributed by atoms with E-state index in [0.29, 0.717) is 51.6 Å². The third kappa shape index (κ3) is 6.13. The van der Waals surface area contributed by atoms with E-state index in [2.05, 4.69) is 10.3 Å². The highest BCUT2D eigenvalue weighted by molar-refractivity contribution is 6.00. The Labute approximate surface area is 217 Å². The number of anilines is 1. The number of hydrogen-bond donors (Lipinski definition) is 1. The summed E-state index contributed by atoms with van der Waals surface area (Å²) in [5, 5.41) is 18.0. The molecule has 37 heavy (non-hydrogen) atoms. The highest BCUT2D eigenvalue weighted by Crippen LogP contribution is 2.41. The lowest BCUT2D eigenvalue weighted by Crippen LogP contribution is -2.31. The zero-order valence-electron chi connectivity index (χ0n) is 21.5. The first-order valence-electron chi connectivity index (χ1n) is 13.0. The number of aromatic nitrogens is 3. The number of nitrogens with zero attached hydrogens (tertiary/aromatic N) is 4. The molecule has 2 heterocycles. The van der Waals surface area contributed by atoms with Gasteiger partial charge in [-0.05, 0) is 37.3 Å². The first-order chi connectivity index (χ1) is 17.9. The second kappa shape index (κ2) is 12.0. The Morgan fingerprint density at radius 1 is 0.892 bits per heavy atom. The first-order valence-corrected chi connectivity index (χ1v) is 13.0. The summed E-state index contributed by atoms with van der Waals surface area (Å²) in [6.45, 7) is 4.76. The molecule has 0 saturated heterocycles. The molecular weight excluding hydrogens is 468 g/mol. The van der Waals surface area contributed by atoms with Gasteiger partial charge in [0, 0.05) is 42.9 Å². The van der Waals surface area contributed by atoms with Crippen LogP contribution in [0.5, 0.6) is 0 Å². The fourth-order valence-corrected chi connectivity index (χ4v) is 4.73. The summed E-state index contributed by atoms with van der Waals surface area (Å²) in [6.07, 6.45) is 3.54. The zero-order chi connectivity index (χ0) is 26.4. The molecule has 1 amide bonds. The van der Waals surface area contributed by atoms with Crippen LogP contribution in [-0.2, 0) is 27.5 Å². The minimum Gasteiger partial charge on any atom is -0.481 e. The summed E-state index contributed by atoms with van der Waals surface area (Å²) in [4.78, 5) is 38.3. The van der Waals surface area contributed by atoms with Gasteiger partial charge >= 0.3 is 5.97 Å². The van der Waals surface area contributed by atoms with Crippen molar-refractivity contribution in [3.63, 3.8) is 0 Å². The summed E-state index contributed by atoms with van der Waals surface area (Å²) < 4.78 is 1.83. The van der Waals surface area contributed by atoms with Crippen molar-refractivity contribution in [1.29, 1.82) is 0 Å². The maximum Gasteiger partial charge on any atom is 0.303 e. The van der Waals surface area contributed by atoms with Crippen molar-refractivity contribution < 1.29 is 19.5 Å². The van der Waals surface area contributed by atoms with Gasteiger partial charge in [0.15, 0.2) is 0 Å². The minimum absolute atomic E-state index is 0.0168. The molecule has 0 fully saturated rings. The Bertz CT molecular complexity index is 1280. The number of para-hydroxylation sites is 1. The van der Waals surface area contributed by atoms with E-state index in [9.17, 15) is 14.4 Å². The van der Waals surface area contributed by atoms with Gasteiger partial charge < -0.3 is 10.0 Å². The Hall–Kier alpha value is -3.81. The molecule has 0 aliphatic carbocycles. The smallest absolute Gasteiger partial charge is 0.303 e. The van der Waals surface area contributed by atoms with E-state index >= 15 is 0 Å². The second-order valence-corrected chi connectivity index (χ2v) is 9.84. The number of amides is 1. The summed E-state index contributed by atoms with van der Waals surface area (Å²) >= 11 is 0. The first kappa shape index (κ1) is 26.3. The molecule has 194 valence electrons. The molecule has 2 aromatic carbocycles. The summed E-state index contributed by atoms with van der Waals surface area (Å²) in [6, 6.07) is 15.7. The van der Waals surface area contributed by atoms with E-state index in [-0.39, 0.29) is 24.0 Å². The normalized spacial score (nSPS) is 12.4. The van der Waals surface area contributed by atoms with Gasteiger partial charge in [0.2, 0.25) is 5.91 Å². The molecule has 0 saturated carbocycles. The molecule has 8 nitrogen and oxygen atoms in total. The van der Waals surface area contributed by atoms with Crippen LogP contribution in [0.15, 0.2) is 48.5 Å². The maximum atomic E-state index is 13.6. The number of unbranched alkanes of at least 4 members (excludes halogenated alkanes) is 2. The molecular formula is C29H34N4O4. The summed E-state index contributed by atoms with van der Waals surface area (Å²) in [5.41, 5.74) is 5.19. The van der Waals surface area contributed by atoms with Gasteiger partial charge in [-0.1, -0.05) is 61.5 Å². The number of carbonyl (C=O) groups excluding carboxylic acids is 2. The number of rotatable bonds is 11. The number of Topliss-reactive ketones (excluding diaryl/α,β-unsaturated/α-hetero) is 1. The van der Waals surface area contributed by atoms with E-state index in [1.807, 2.05) is 72.0 Å². The number of aliphatic carboxylic acids is 1. The predicted molar refractivity (Wildman–Crippen MR) is 142 cm³/mol. The van der Waals surface area contributed by atoms with Gasteiger partial charge in [0.25, 0.3) is 0 Å². The van der Waals surface area contributed by atoms with Crippen LogP contribution in [0.3, 0.4) is 0 Å². The molecule has 3 aromatic rings. The standard InChI is InChI=1S/C29H34N4O4/c1-20(2)25(34)15-7-8-16-26(35)32-19-21-11-3-4-12-22(21)28-29(23-13-5-6-14-24(23)32)33(31-30-28)18-10-9-17-27(36)37/h3-6,11-14,20H,7-10,15-19H2,1-2H3,(H,36,37). The lowest BCUT2D eigenvalue weighted by atomic mass is 9.95. The third-order valence-electron chi connectivity index (χ3n) is 6.81. The van der Waals surface area contributed by atoms with Crippen molar-refractivity contribution in [2.24, 2.45) is 5.92 Å². The molecule has 0 unspecified atom stereocenters. The second-order valence-electron chi connectivity index (χ2n) is 9.84. The minimum atomic E-state index is -0.809. The van der Waals surface area contributed by atoms with Crippen molar-refractivity contribution in [3.8, 4) is 22.5 Å². The van der Waals surface area contributed by atoms with E-state index < -0.39 is 5.97 Å². The largest absolute Gasteiger partial charge is 0.481 e. The van der Waals surface area contributed by atoms with Crippen LogP contribution in [0, 0.1) is 5.92 Å². The number of carbonyl (C=O) groups is 3. The van der Waals surface area contributed by atoms with E-state index in [1.165, 1.54) is 0 Å². The van der Waals surface area contributed by atoms with E-state index in [1.54, 1.807) is 0 Å². The van der Waals surface area contributed by atoms with Crippen molar-refractivity contribution in [3.05, 3.63) is 54.1 Å². The average molecular weight is 503 g/mol. The lowest BCUT2D eigenvalue weighted by molar-refractivity contribution is -0.137. The highest BCUT2D eigenvalue weighted by atomic mass is 16.4. The van der Waals surface area contributed by atoms with Crippen LogP contribution in [0.1, 0.15) is 64.4 Å². The van der Waals surface area contributed by atoms with Crippen LogP contribution in [0.2, 0.25) is 0 Å². The highest BCUT2D eigenvalue weighted by Gasteiger charge is 2.28. The monoisotopic (exact) mass is 502 g/mol. The number of carboxylic acid groups (broad SMARTS) is 1. The average Bonchev–Trinajstić information content (AvgIpc) is 3.29. The van der Waals surface area contributed by atoms with Crippen molar-refractivity contribution in [2.75, 3.05) is 4.90 Å². The number of aryl methyl sites for hydroxylation is 1. The number of fused-ring (bicyclic) bond motifs is 5. The Balaban J connectivity index is 1.66. The molecule has 1 aliphatic heterocycles. The van der Waals surface area contributed by atoms with Crippen molar-refractivity contribution >= 4 is 23.3 Å². The zero-order valence-corrected chi connectivity index (χ0v) is 21.5. The number of ketones is 1. The molecule has 1 N–H and O–H groups in total. The van der Waals surface area contributed by atoms with Crippen molar-refractivity contribution in [1.82, 2.24) is 15.0 Å². The van der Waals surface area contributed by atoms with Gasteiger partial charge in [-0.25, -0.2) is 4.68 Å². The van der Waals surface area contributed by atoms with Gasteiger partial charge in [-0.15, -0.1) is 5.10 Å². The fourth-order valence-electron chi connectivity index (χ4n) is 4.73. The van der Waals surface area contributed by atoms with Crippen LogP contribution in [0.25, 0.3) is 22.5 Å². The van der Waals surface area contributed by atoms with Gasteiger partial charge in [-0.2, -0.15) is 0 Å². The van der Waals surface area contributed by atoms with Crippen LogP contribution in [0.4, 0.5) is 5.69 Å². The van der Waals surface area contributed by atoms with Crippen LogP contribution >= 0.6 is 0 Å². The van der Waals surface area contributed by atoms with Gasteiger partial charge in [0.1, 0.15) is 11.5 Å². The fraction of sp³-hybridized carbons (Fsp3) is 0.414. The van der Waals surface area contributed by atoms with Crippen LogP contribution in [-0.4, -0.2) is 37.8 Å². The molecule has 0 atom stereocenters. The van der Waals surface area contributed by atoms with E-state index in [4.69, 9.17) is 5.11 Å². The van der Waals surface area contributed by atoms with Crippen molar-refractivity contribution in [2.45, 2.75) is 71.9 Å². The van der Waals surface area contributed by atoms with Gasteiger partial charge in [-0.3, -0.25) is 14.4 Å². The third-order valence-corrected chi connectivity index (χ3v) is 6.81. The Morgan fingerprint density at radius 2 is 1.57 bits per heavy atom. The molecule has 0 radical (unpaired) electrons. The van der Waals surface area contributed by atoms with Crippen LogP contribution < -0.4 is 4.90 Å². The summed E-state index contributed by atoms with van der Waals surface area (Å²) in [7, 11) is 0. The van der Waals surface area contributed by atoms with Gasteiger partial charge in [0.05, 0.1) is 17.9 Å². The molecule has 0 spiro atoms. The molecule has 8 heteroatoms.